The van der Waals surface area contributed by atoms with E-state index in [0.717, 1.165) is 36.0 Å². The molecule has 0 aliphatic rings. The van der Waals surface area contributed by atoms with Crippen LogP contribution in [0.25, 0.3) is 0 Å². The van der Waals surface area contributed by atoms with Gasteiger partial charge in [0.1, 0.15) is 5.75 Å². The maximum atomic E-state index is 12.2. The largest absolute Gasteiger partial charge is 0.492 e. The van der Waals surface area contributed by atoms with Gasteiger partial charge in [-0.15, -0.1) is 0 Å². The normalized spacial score (nSPS) is 10.7. The first-order valence-electron chi connectivity index (χ1n) is 7.28. The van der Waals surface area contributed by atoms with Crippen LogP contribution in [0.15, 0.2) is 18.2 Å². The van der Waals surface area contributed by atoms with Gasteiger partial charge < -0.3 is 10.1 Å². The summed E-state index contributed by atoms with van der Waals surface area (Å²) in [5.74, 6) is 0.890. The van der Waals surface area contributed by atoms with E-state index < -0.39 is 0 Å². The summed E-state index contributed by atoms with van der Waals surface area (Å²) in [5.41, 5.74) is 1.97. The van der Waals surface area contributed by atoms with Crippen molar-refractivity contribution in [2.75, 3.05) is 17.3 Å². The van der Waals surface area contributed by atoms with E-state index in [1.165, 1.54) is 5.56 Å². The maximum Gasteiger partial charge on any atom is 0.227 e. The molecule has 0 aliphatic carbocycles. The molecule has 0 atom stereocenters. The average molecular weight is 342 g/mol. The minimum absolute atomic E-state index is 0.0618. The average Bonchev–Trinajstić information content (AvgIpc) is 2.43. The number of alkyl halides is 1. The van der Waals surface area contributed by atoms with E-state index >= 15 is 0 Å². The molecular formula is C16H24BrNO2. The Bertz CT molecular complexity index is 430. The SMILES string of the molecule is CCOc1cc(CCBr)ccc1NC(=O)C(CC)CC. The van der Waals surface area contributed by atoms with Crippen molar-refractivity contribution in [3.63, 3.8) is 0 Å². The van der Waals surface area contributed by atoms with E-state index in [0.29, 0.717) is 6.61 Å². The Morgan fingerprint density at radius 3 is 2.55 bits per heavy atom. The van der Waals surface area contributed by atoms with E-state index in [4.69, 9.17) is 4.74 Å². The highest BCUT2D eigenvalue weighted by Gasteiger charge is 2.16. The van der Waals surface area contributed by atoms with Crippen LogP contribution in [-0.2, 0) is 11.2 Å². The van der Waals surface area contributed by atoms with Crippen molar-refractivity contribution in [3.8, 4) is 5.75 Å². The Hall–Kier alpha value is -1.03. The van der Waals surface area contributed by atoms with Gasteiger partial charge in [-0.25, -0.2) is 0 Å². The summed E-state index contributed by atoms with van der Waals surface area (Å²) >= 11 is 3.44. The van der Waals surface area contributed by atoms with Gasteiger partial charge in [0.05, 0.1) is 12.3 Å². The van der Waals surface area contributed by atoms with Crippen LogP contribution in [0.3, 0.4) is 0 Å². The predicted octanol–water partition coefficient (Wildman–Crippen LogP) is 4.40. The van der Waals surface area contributed by atoms with E-state index in [2.05, 4.69) is 21.2 Å². The van der Waals surface area contributed by atoms with Gasteiger partial charge in [0.25, 0.3) is 0 Å². The van der Waals surface area contributed by atoms with Gasteiger partial charge in [-0.2, -0.15) is 0 Å². The molecule has 1 aromatic rings. The summed E-state index contributed by atoms with van der Waals surface area (Å²) in [6.07, 6.45) is 2.66. The van der Waals surface area contributed by atoms with E-state index in [1.807, 2.05) is 39.0 Å². The number of carbonyl (C=O) groups is 1. The minimum Gasteiger partial charge on any atom is -0.492 e. The molecule has 0 saturated carbocycles. The molecule has 0 saturated heterocycles. The molecule has 1 N–H and O–H groups in total. The van der Waals surface area contributed by atoms with Crippen LogP contribution >= 0.6 is 15.9 Å². The van der Waals surface area contributed by atoms with E-state index in [-0.39, 0.29) is 11.8 Å². The van der Waals surface area contributed by atoms with Crippen LogP contribution in [0.1, 0.15) is 39.2 Å². The van der Waals surface area contributed by atoms with Gasteiger partial charge in [-0.3, -0.25) is 4.79 Å². The molecule has 0 spiro atoms. The van der Waals surface area contributed by atoms with E-state index in [1.54, 1.807) is 0 Å². The lowest BCUT2D eigenvalue weighted by Gasteiger charge is -2.16. The summed E-state index contributed by atoms with van der Waals surface area (Å²) in [4.78, 5) is 12.2. The molecule has 1 amide bonds. The third kappa shape index (κ3) is 4.82. The molecule has 0 aromatic heterocycles. The number of hydrogen-bond donors (Lipinski definition) is 1. The standard InChI is InChI=1S/C16H24BrNO2/c1-4-13(5-2)16(19)18-14-8-7-12(9-10-17)11-15(14)20-6-3/h7-8,11,13H,4-6,9-10H2,1-3H3,(H,18,19). The molecule has 112 valence electrons. The summed E-state index contributed by atoms with van der Waals surface area (Å²) in [7, 11) is 0. The van der Waals surface area contributed by atoms with E-state index in [9.17, 15) is 4.79 Å². The molecule has 0 fully saturated rings. The third-order valence-corrected chi connectivity index (χ3v) is 3.74. The van der Waals surface area contributed by atoms with Gasteiger partial charge in [-0.1, -0.05) is 35.8 Å². The van der Waals surface area contributed by atoms with Crippen molar-refractivity contribution in [2.45, 2.75) is 40.0 Å². The monoisotopic (exact) mass is 341 g/mol. The molecule has 3 nitrogen and oxygen atoms in total. The molecule has 0 unspecified atom stereocenters. The number of halogens is 1. The lowest BCUT2D eigenvalue weighted by molar-refractivity contribution is -0.120. The number of rotatable bonds is 8. The Balaban J connectivity index is 2.90. The first-order chi connectivity index (χ1) is 9.65. The van der Waals surface area contributed by atoms with Crippen molar-refractivity contribution in [1.29, 1.82) is 0 Å². The quantitative estimate of drug-likeness (QED) is 0.711. The highest BCUT2D eigenvalue weighted by molar-refractivity contribution is 9.09. The zero-order valence-electron chi connectivity index (χ0n) is 12.5. The van der Waals surface area contributed by atoms with Crippen molar-refractivity contribution in [2.24, 2.45) is 5.92 Å². The number of hydrogen-bond acceptors (Lipinski definition) is 2. The van der Waals surface area contributed by atoms with Crippen LogP contribution < -0.4 is 10.1 Å². The first kappa shape index (κ1) is 17.0. The molecule has 4 heteroatoms. The van der Waals surface area contributed by atoms with Gasteiger partial charge in [0.15, 0.2) is 0 Å². The second kappa shape index (κ2) is 9.01. The van der Waals surface area contributed by atoms with Gasteiger partial charge in [0, 0.05) is 11.2 Å². The number of benzene rings is 1. The van der Waals surface area contributed by atoms with Crippen LogP contribution in [0, 0.1) is 5.92 Å². The van der Waals surface area contributed by atoms with Gasteiger partial charge in [0.2, 0.25) is 5.91 Å². The number of nitrogens with one attached hydrogen (secondary N) is 1. The molecule has 0 aliphatic heterocycles. The zero-order chi connectivity index (χ0) is 15.0. The summed E-state index contributed by atoms with van der Waals surface area (Å²) in [6, 6.07) is 5.98. The molecule has 20 heavy (non-hydrogen) atoms. The second-order valence-electron chi connectivity index (χ2n) is 4.71. The van der Waals surface area contributed by atoms with Gasteiger partial charge in [-0.05, 0) is 43.9 Å². The Kier molecular flexibility index (Phi) is 7.67. The van der Waals surface area contributed by atoms with Crippen LogP contribution in [0.4, 0.5) is 5.69 Å². The van der Waals surface area contributed by atoms with Crippen molar-refractivity contribution >= 4 is 27.5 Å². The Labute approximate surface area is 130 Å². The number of ether oxygens (including phenoxy) is 1. The summed E-state index contributed by atoms with van der Waals surface area (Å²) in [6.45, 7) is 6.61. The molecular weight excluding hydrogens is 318 g/mol. The third-order valence-electron chi connectivity index (χ3n) is 3.34. The molecule has 0 bridgehead atoms. The smallest absolute Gasteiger partial charge is 0.227 e. The second-order valence-corrected chi connectivity index (χ2v) is 5.50. The van der Waals surface area contributed by atoms with Gasteiger partial charge >= 0.3 is 0 Å². The van der Waals surface area contributed by atoms with Crippen molar-refractivity contribution in [3.05, 3.63) is 23.8 Å². The molecule has 1 aromatic carbocycles. The van der Waals surface area contributed by atoms with Crippen LogP contribution in [-0.4, -0.2) is 17.8 Å². The fourth-order valence-electron chi connectivity index (χ4n) is 2.10. The van der Waals surface area contributed by atoms with Crippen molar-refractivity contribution in [1.82, 2.24) is 0 Å². The lowest BCUT2D eigenvalue weighted by Crippen LogP contribution is -2.22. The summed E-state index contributed by atoms with van der Waals surface area (Å²) < 4.78 is 5.64. The van der Waals surface area contributed by atoms with Crippen LogP contribution in [0.2, 0.25) is 0 Å². The highest BCUT2D eigenvalue weighted by atomic mass is 79.9. The fourth-order valence-corrected chi connectivity index (χ4v) is 2.56. The maximum absolute atomic E-state index is 12.2. The predicted molar refractivity (Wildman–Crippen MR) is 87.8 cm³/mol. The molecule has 1 rings (SSSR count). The highest BCUT2D eigenvalue weighted by Crippen LogP contribution is 2.27. The Morgan fingerprint density at radius 2 is 2.00 bits per heavy atom. The molecule has 0 heterocycles. The number of aryl methyl sites for hydroxylation is 1. The lowest BCUT2D eigenvalue weighted by atomic mass is 10.0. The molecule has 0 radical (unpaired) electrons. The number of amides is 1. The topological polar surface area (TPSA) is 38.3 Å². The first-order valence-corrected chi connectivity index (χ1v) is 8.40. The summed E-state index contributed by atoms with van der Waals surface area (Å²) in [5, 5.41) is 3.91. The zero-order valence-corrected chi connectivity index (χ0v) is 14.1. The van der Waals surface area contributed by atoms with Crippen LogP contribution in [0.5, 0.6) is 5.75 Å². The Morgan fingerprint density at radius 1 is 1.30 bits per heavy atom. The minimum atomic E-state index is 0.0618. The number of carbonyl (C=O) groups excluding carboxylic acids is 1. The fraction of sp³-hybridized carbons (Fsp3) is 0.562. The van der Waals surface area contributed by atoms with Crippen molar-refractivity contribution < 1.29 is 9.53 Å². The number of anilines is 1.